The molecule has 28 heavy (non-hydrogen) atoms. The van der Waals surface area contributed by atoms with Crippen LogP contribution in [0.2, 0.25) is 0 Å². The average Bonchev–Trinajstić information content (AvgIpc) is 3.04. The zero-order valence-corrected chi connectivity index (χ0v) is 15.4. The summed E-state index contributed by atoms with van der Waals surface area (Å²) in [5, 5.41) is 2.83. The molecule has 0 aliphatic rings. The van der Waals surface area contributed by atoms with E-state index in [1.807, 2.05) is 0 Å². The average molecular weight is 465 g/mol. The Labute approximate surface area is 162 Å². The summed E-state index contributed by atoms with van der Waals surface area (Å²) >= 11 is 3.19. The Morgan fingerprint density at radius 1 is 0.964 bits per heavy atom. The maximum Gasteiger partial charge on any atom is 0.431 e. The number of carbonyl (C=O) groups excluding carboxylic acids is 1. The Morgan fingerprint density at radius 3 is 2.18 bits per heavy atom. The lowest BCUT2D eigenvalue weighted by molar-refractivity contribution is -0.140. The number of amides is 1. The predicted octanol–water partition coefficient (Wildman–Crippen LogP) is 5.90. The van der Waals surface area contributed by atoms with Crippen molar-refractivity contribution < 1.29 is 31.1 Å². The molecule has 0 unspecified atom stereocenters. The third-order valence-electron chi connectivity index (χ3n) is 3.97. The van der Waals surface area contributed by atoms with Gasteiger partial charge in [0.2, 0.25) is 0 Å². The van der Waals surface area contributed by atoms with Gasteiger partial charge in [-0.1, -0.05) is 0 Å². The van der Waals surface area contributed by atoms with Gasteiger partial charge in [-0.25, -0.2) is 0 Å². The molecule has 10 heteroatoms. The summed E-state index contributed by atoms with van der Waals surface area (Å²) in [7, 11) is 0. The fraction of sp³-hybridized carbons (Fsp3) is 0.167. The first-order valence-electron chi connectivity index (χ1n) is 7.79. The van der Waals surface area contributed by atoms with Crippen LogP contribution in [0.5, 0.6) is 0 Å². The SMILES string of the molecule is O=C(NCc1cc(Br)c2[nH]c(C(F)(F)F)cc2c1)c1ccc(C(F)(F)F)cc1. The van der Waals surface area contributed by atoms with Crippen molar-refractivity contribution in [3.05, 3.63) is 69.3 Å². The van der Waals surface area contributed by atoms with Crippen molar-refractivity contribution in [1.29, 1.82) is 0 Å². The number of benzene rings is 2. The highest BCUT2D eigenvalue weighted by atomic mass is 79.9. The Morgan fingerprint density at radius 2 is 1.61 bits per heavy atom. The third-order valence-corrected chi connectivity index (χ3v) is 4.60. The van der Waals surface area contributed by atoms with E-state index in [-0.39, 0.29) is 17.6 Å². The minimum atomic E-state index is -4.52. The zero-order valence-electron chi connectivity index (χ0n) is 13.8. The fourth-order valence-electron chi connectivity index (χ4n) is 2.61. The quantitative estimate of drug-likeness (QED) is 0.465. The summed E-state index contributed by atoms with van der Waals surface area (Å²) in [5.74, 6) is -0.602. The molecule has 0 aliphatic carbocycles. The molecule has 0 spiro atoms. The van der Waals surface area contributed by atoms with Crippen molar-refractivity contribution >= 4 is 32.7 Å². The number of rotatable bonds is 3. The first-order valence-corrected chi connectivity index (χ1v) is 8.58. The van der Waals surface area contributed by atoms with Crippen LogP contribution in [-0.2, 0) is 18.9 Å². The van der Waals surface area contributed by atoms with E-state index in [9.17, 15) is 31.1 Å². The van der Waals surface area contributed by atoms with Gasteiger partial charge in [0.25, 0.3) is 5.91 Å². The lowest BCUT2D eigenvalue weighted by Gasteiger charge is -2.09. The summed E-state index contributed by atoms with van der Waals surface area (Å²) in [4.78, 5) is 14.4. The van der Waals surface area contributed by atoms with E-state index in [4.69, 9.17) is 0 Å². The molecule has 1 aromatic heterocycles. The molecule has 0 saturated carbocycles. The number of alkyl halides is 6. The number of hydrogen-bond donors (Lipinski definition) is 2. The molecule has 0 radical (unpaired) electrons. The Bertz CT molecular complexity index is 1020. The molecule has 1 amide bonds. The lowest BCUT2D eigenvalue weighted by atomic mass is 10.1. The molecule has 0 bridgehead atoms. The molecule has 3 rings (SSSR count). The number of hydrogen-bond acceptors (Lipinski definition) is 1. The van der Waals surface area contributed by atoms with E-state index in [0.29, 0.717) is 15.4 Å². The van der Waals surface area contributed by atoms with Gasteiger partial charge in [-0.05, 0) is 64.0 Å². The normalized spacial score (nSPS) is 12.4. The van der Waals surface area contributed by atoms with Crippen LogP contribution >= 0.6 is 15.9 Å². The molecule has 1 heterocycles. The maximum absolute atomic E-state index is 12.8. The lowest BCUT2D eigenvalue weighted by Crippen LogP contribution is -2.22. The van der Waals surface area contributed by atoms with Crippen molar-refractivity contribution in [3.63, 3.8) is 0 Å². The van der Waals surface area contributed by atoms with E-state index in [1.165, 1.54) is 6.07 Å². The second-order valence-electron chi connectivity index (χ2n) is 5.98. The summed E-state index contributed by atoms with van der Waals surface area (Å²) in [6.07, 6.45) is -9.02. The summed E-state index contributed by atoms with van der Waals surface area (Å²) in [6, 6.07) is 7.70. The Kier molecular flexibility index (Phi) is 5.18. The smallest absolute Gasteiger partial charge is 0.350 e. The Balaban J connectivity index is 1.75. The number of fused-ring (bicyclic) bond motifs is 1. The molecule has 0 saturated heterocycles. The first kappa shape index (κ1) is 20.2. The molecular weight excluding hydrogens is 454 g/mol. The molecule has 3 nitrogen and oxygen atoms in total. The van der Waals surface area contributed by atoms with Crippen LogP contribution in [0.1, 0.15) is 27.2 Å². The van der Waals surface area contributed by atoms with Crippen molar-refractivity contribution in [2.75, 3.05) is 0 Å². The van der Waals surface area contributed by atoms with Gasteiger partial charge in [0.15, 0.2) is 0 Å². The molecule has 3 aromatic rings. The van der Waals surface area contributed by atoms with Gasteiger partial charge in [0, 0.05) is 22.0 Å². The van der Waals surface area contributed by atoms with Crippen LogP contribution in [0, 0.1) is 0 Å². The minimum absolute atomic E-state index is 0.0130. The molecule has 0 fully saturated rings. The van der Waals surface area contributed by atoms with Crippen molar-refractivity contribution in [3.8, 4) is 0 Å². The number of aromatic nitrogens is 1. The van der Waals surface area contributed by atoms with Gasteiger partial charge in [-0.3, -0.25) is 4.79 Å². The summed E-state index contributed by atoms with van der Waals surface area (Å²) in [5.41, 5.74) is -0.938. The van der Waals surface area contributed by atoms with E-state index in [2.05, 4.69) is 26.2 Å². The highest BCUT2D eigenvalue weighted by Crippen LogP contribution is 2.34. The molecule has 0 aliphatic heterocycles. The monoisotopic (exact) mass is 464 g/mol. The molecular formula is C18H11BrF6N2O. The third kappa shape index (κ3) is 4.32. The van der Waals surface area contributed by atoms with Gasteiger partial charge in [-0.2, -0.15) is 26.3 Å². The maximum atomic E-state index is 12.8. The second kappa shape index (κ2) is 7.16. The van der Waals surface area contributed by atoms with Crippen molar-refractivity contribution in [2.24, 2.45) is 0 Å². The number of carbonyl (C=O) groups is 1. The predicted molar refractivity (Wildman–Crippen MR) is 93.6 cm³/mol. The van der Waals surface area contributed by atoms with Gasteiger partial charge >= 0.3 is 12.4 Å². The van der Waals surface area contributed by atoms with Crippen molar-refractivity contribution in [2.45, 2.75) is 18.9 Å². The van der Waals surface area contributed by atoms with E-state index in [0.717, 1.165) is 30.3 Å². The van der Waals surface area contributed by atoms with Crippen LogP contribution < -0.4 is 5.32 Å². The van der Waals surface area contributed by atoms with Crippen LogP contribution in [0.3, 0.4) is 0 Å². The van der Waals surface area contributed by atoms with E-state index >= 15 is 0 Å². The molecule has 2 aromatic carbocycles. The number of halogens is 7. The fourth-order valence-corrected chi connectivity index (χ4v) is 3.23. The minimum Gasteiger partial charge on any atom is -0.350 e. The number of nitrogens with one attached hydrogen (secondary N) is 2. The van der Waals surface area contributed by atoms with Gasteiger partial charge in [0.05, 0.1) is 11.1 Å². The number of aromatic amines is 1. The van der Waals surface area contributed by atoms with Gasteiger partial charge in [0.1, 0.15) is 5.69 Å². The van der Waals surface area contributed by atoms with Crippen LogP contribution in [-0.4, -0.2) is 10.9 Å². The Hall–Kier alpha value is -2.49. The van der Waals surface area contributed by atoms with E-state index in [1.54, 1.807) is 6.07 Å². The van der Waals surface area contributed by atoms with Crippen molar-refractivity contribution in [1.82, 2.24) is 10.3 Å². The molecule has 148 valence electrons. The van der Waals surface area contributed by atoms with Gasteiger partial charge < -0.3 is 10.3 Å². The van der Waals surface area contributed by atoms with Gasteiger partial charge in [-0.15, -0.1) is 0 Å². The first-order chi connectivity index (χ1) is 12.9. The molecule has 0 atom stereocenters. The number of H-pyrrole nitrogens is 1. The van der Waals surface area contributed by atoms with Crippen LogP contribution in [0.4, 0.5) is 26.3 Å². The van der Waals surface area contributed by atoms with Crippen LogP contribution in [0.15, 0.2) is 46.9 Å². The van der Waals surface area contributed by atoms with E-state index < -0.39 is 29.5 Å². The second-order valence-corrected chi connectivity index (χ2v) is 6.83. The zero-order chi connectivity index (χ0) is 20.7. The topological polar surface area (TPSA) is 44.9 Å². The summed E-state index contributed by atoms with van der Waals surface area (Å²) < 4.78 is 76.5. The highest BCUT2D eigenvalue weighted by molar-refractivity contribution is 9.10. The van der Waals surface area contributed by atoms with Crippen LogP contribution in [0.25, 0.3) is 10.9 Å². The largest absolute Gasteiger partial charge is 0.431 e. The standard InChI is InChI=1S/C18H11BrF6N2O/c19-13-6-9(5-11-7-14(18(23,24)25)27-15(11)13)8-26-16(28)10-1-3-12(4-2-10)17(20,21)22/h1-7,27H,8H2,(H,26,28). The summed E-state index contributed by atoms with van der Waals surface area (Å²) in [6.45, 7) is -0.0130. The highest BCUT2D eigenvalue weighted by Gasteiger charge is 2.33. The molecule has 2 N–H and O–H groups in total.